The molecule has 1 rings (SSSR count). The second-order valence-electron chi connectivity index (χ2n) is 8.64. The van der Waals surface area contributed by atoms with E-state index in [1.54, 1.807) is 13.8 Å². The first kappa shape index (κ1) is 23.3. The number of hydrogen-bond acceptors (Lipinski definition) is 5. The van der Waals surface area contributed by atoms with Crippen LogP contribution in [0.4, 0.5) is 0 Å². The number of amides is 3. The van der Waals surface area contributed by atoms with Gasteiger partial charge in [0.25, 0.3) is 0 Å². The Balaban J connectivity index is 2.26. The summed E-state index contributed by atoms with van der Waals surface area (Å²) in [5.74, 6) is -0.741. The minimum atomic E-state index is -0.420. The average Bonchev–Trinajstić information content (AvgIpc) is 2.77. The Hall–Kier alpha value is -1.76. The molecule has 1 aliphatic rings. The second kappa shape index (κ2) is 9.44. The molecule has 0 saturated carbocycles. The second-order valence-corrected chi connectivity index (χ2v) is 8.64. The summed E-state index contributed by atoms with van der Waals surface area (Å²) in [7, 11) is 0. The SMILES string of the molecule is CC(=O)C(C)(C)CCOC(C)(C)CCNC(=O)CCN1C(=O)CC(C)C1=O. The molecule has 7 nitrogen and oxygen atoms in total. The predicted octanol–water partition coefficient (Wildman–Crippen LogP) is 2.08. The Morgan fingerprint density at radius 3 is 2.33 bits per heavy atom. The Bertz CT molecular complexity index is 583. The molecular weight excluding hydrogens is 348 g/mol. The third-order valence-electron chi connectivity index (χ3n) is 5.25. The minimum Gasteiger partial charge on any atom is -0.375 e. The van der Waals surface area contributed by atoms with Gasteiger partial charge in [-0.3, -0.25) is 24.1 Å². The zero-order valence-electron chi connectivity index (χ0n) is 17.5. The number of nitrogens with zero attached hydrogens (tertiary/aromatic N) is 1. The normalized spacial score (nSPS) is 18.1. The van der Waals surface area contributed by atoms with Crippen LogP contribution in [0.2, 0.25) is 0 Å². The van der Waals surface area contributed by atoms with Crippen LogP contribution in [-0.2, 0) is 23.9 Å². The van der Waals surface area contributed by atoms with Crippen molar-refractivity contribution in [1.29, 1.82) is 0 Å². The lowest BCUT2D eigenvalue weighted by Crippen LogP contribution is -2.37. The topological polar surface area (TPSA) is 92.8 Å². The number of carbonyl (C=O) groups excluding carboxylic acids is 4. The van der Waals surface area contributed by atoms with E-state index in [4.69, 9.17) is 4.74 Å². The van der Waals surface area contributed by atoms with Gasteiger partial charge in [-0.2, -0.15) is 0 Å². The van der Waals surface area contributed by atoms with Gasteiger partial charge in [0.2, 0.25) is 17.7 Å². The molecule has 0 aromatic heterocycles. The number of hydrogen-bond donors (Lipinski definition) is 1. The van der Waals surface area contributed by atoms with Crippen molar-refractivity contribution in [1.82, 2.24) is 10.2 Å². The molecule has 1 atom stereocenters. The third kappa shape index (κ3) is 7.40. The summed E-state index contributed by atoms with van der Waals surface area (Å²) < 4.78 is 5.88. The van der Waals surface area contributed by atoms with Gasteiger partial charge in [0, 0.05) is 43.9 Å². The van der Waals surface area contributed by atoms with Crippen LogP contribution in [0.5, 0.6) is 0 Å². The Morgan fingerprint density at radius 2 is 1.81 bits per heavy atom. The van der Waals surface area contributed by atoms with Crippen LogP contribution in [0, 0.1) is 11.3 Å². The van der Waals surface area contributed by atoms with Gasteiger partial charge in [-0.05, 0) is 33.6 Å². The van der Waals surface area contributed by atoms with E-state index < -0.39 is 11.0 Å². The van der Waals surface area contributed by atoms with E-state index in [1.165, 1.54) is 4.90 Å². The molecule has 1 N–H and O–H groups in total. The fourth-order valence-electron chi connectivity index (χ4n) is 2.72. The molecule has 154 valence electrons. The molecule has 0 aromatic carbocycles. The van der Waals surface area contributed by atoms with Crippen LogP contribution in [-0.4, -0.2) is 53.7 Å². The molecule has 0 aromatic rings. The molecule has 0 spiro atoms. The van der Waals surface area contributed by atoms with Crippen molar-refractivity contribution in [3.05, 3.63) is 0 Å². The summed E-state index contributed by atoms with van der Waals surface area (Å²) in [5, 5.41) is 2.81. The number of ether oxygens (including phenoxy) is 1. The monoisotopic (exact) mass is 382 g/mol. The number of rotatable bonds is 11. The lowest BCUT2D eigenvalue weighted by Gasteiger charge is -2.28. The van der Waals surface area contributed by atoms with E-state index in [0.717, 1.165) is 0 Å². The first-order valence-electron chi connectivity index (χ1n) is 9.61. The maximum Gasteiger partial charge on any atom is 0.232 e. The van der Waals surface area contributed by atoms with Crippen molar-refractivity contribution in [2.45, 2.75) is 72.8 Å². The minimum absolute atomic E-state index is 0.109. The van der Waals surface area contributed by atoms with Crippen molar-refractivity contribution in [3.8, 4) is 0 Å². The van der Waals surface area contributed by atoms with E-state index in [0.29, 0.717) is 26.0 Å². The van der Waals surface area contributed by atoms with Crippen molar-refractivity contribution >= 4 is 23.5 Å². The van der Waals surface area contributed by atoms with Crippen LogP contribution in [0.3, 0.4) is 0 Å². The van der Waals surface area contributed by atoms with Gasteiger partial charge in [0.15, 0.2) is 0 Å². The van der Waals surface area contributed by atoms with E-state index in [1.807, 2.05) is 27.7 Å². The average molecular weight is 383 g/mol. The Morgan fingerprint density at radius 1 is 1.19 bits per heavy atom. The zero-order valence-corrected chi connectivity index (χ0v) is 17.5. The van der Waals surface area contributed by atoms with Crippen LogP contribution < -0.4 is 5.32 Å². The molecule has 0 radical (unpaired) electrons. The molecule has 1 aliphatic heterocycles. The highest BCUT2D eigenvalue weighted by molar-refractivity contribution is 6.03. The highest BCUT2D eigenvalue weighted by atomic mass is 16.5. The van der Waals surface area contributed by atoms with Crippen LogP contribution in [0.1, 0.15) is 67.2 Å². The van der Waals surface area contributed by atoms with E-state index in [-0.39, 0.29) is 48.8 Å². The molecule has 0 bridgehead atoms. The molecule has 0 aliphatic carbocycles. The van der Waals surface area contributed by atoms with Crippen LogP contribution in [0.15, 0.2) is 0 Å². The number of ketones is 1. The van der Waals surface area contributed by atoms with Gasteiger partial charge in [0.05, 0.1) is 5.60 Å². The highest BCUT2D eigenvalue weighted by Crippen LogP contribution is 2.23. The summed E-state index contributed by atoms with van der Waals surface area (Å²) in [5.41, 5.74) is -0.817. The zero-order chi connectivity index (χ0) is 20.8. The molecule has 1 saturated heterocycles. The van der Waals surface area contributed by atoms with Crippen molar-refractivity contribution in [3.63, 3.8) is 0 Å². The predicted molar refractivity (Wildman–Crippen MR) is 102 cm³/mol. The number of imide groups is 1. The maximum absolute atomic E-state index is 12.0. The Kier molecular flexibility index (Phi) is 8.14. The maximum atomic E-state index is 12.0. The first-order valence-corrected chi connectivity index (χ1v) is 9.61. The highest BCUT2D eigenvalue weighted by Gasteiger charge is 2.35. The summed E-state index contributed by atoms with van der Waals surface area (Å²) >= 11 is 0. The van der Waals surface area contributed by atoms with Crippen LogP contribution in [0.25, 0.3) is 0 Å². The van der Waals surface area contributed by atoms with Gasteiger partial charge < -0.3 is 10.1 Å². The molecule has 7 heteroatoms. The number of likely N-dealkylation sites (tertiary alicyclic amines) is 1. The molecular formula is C20H34N2O5. The number of carbonyl (C=O) groups is 4. The lowest BCUT2D eigenvalue weighted by molar-refractivity contribution is -0.139. The standard InChI is InChI=1S/C20H34N2O5/c1-14-13-17(25)22(18(14)26)11-7-16(24)21-10-8-20(5,6)27-12-9-19(3,4)15(2)23/h14H,7-13H2,1-6H3,(H,21,24). The summed E-state index contributed by atoms with van der Waals surface area (Å²) in [6.07, 6.45) is 1.61. The molecule has 1 unspecified atom stereocenters. The van der Waals surface area contributed by atoms with Crippen molar-refractivity contribution in [2.24, 2.45) is 11.3 Å². The molecule has 1 heterocycles. The largest absolute Gasteiger partial charge is 0.375 e. The van der Waals surface area contributed by atoms with Crippen molar-refractivity contribution in [2.75, 3.05) is 19.7 Å². The third-order valence-corrected chi connectivity index (χ3v) is 5.25. The smallest absolute Gasteiger partial charge is 0.232 e. The van der Waals surface area contributed by atoms with Crippen LogP contribution >= 0.6 is 0 Å². The Labute approximate surface area is 162 Å². The number of nitrogens with one attached hydrogen (secondary N) is 1. The quantitative estimate of drug-likeness (QED) is 0.552. The molecule has 1 fully saturated rings. The first-order chi connectivity index (χ1) is 12.4. The van der Waals surface area contributed by atoms with Crippen molar-refractivity contribution < 1.29 is 23.9 Å². The van der Waals surface area contributed by atoms with Gasteiger partial charge in [-0.1, -0.05) is 20.8 Å². The van der Waals surface area contributed by atoms with Gasteiger partial charge in [0.1, 0.15) is 5.78 Å². The fraction of sp³-hybridized carbons (Fsp3) is 0.800. The summed E-state index contributed by atoms with van der Waals surface area (Å²) in [4.78, 5) is 48.2. The van der Waals surface area contributed by atoms with E-state index in [2.05, 4.69) is 5.32 Å². The van der Waals surface area contributed by atoms with Gasteiger partial charge in [-0.15, -0.1) is 0 Å². The van der Waals surface area contributed by atoms with Gasteiger partial charge in [-0.25, -0.2) is 0 Å². The van der Waals surface area contributed by atoms with E-state index in [9.17, 15) is 19.2 Å². The summed E-state index contributed by atoms with van der Waals surface area (Å²) in [6.45, 7) is 12.1. The molecule has 27 heavy (non-hydrogen) atoms. The lowest BCUT2D eigenvalue weighted by atomic mass is 9.86. The van der Waals surface area contributed by atoms with Gasteiger partial charge >= 0.3 is 0 Å². The molecule has 3 amide bonds. The van der Waals surface area contributed by atoms with E-state index >= 15 is 0 Å². The number of Topliss-reactive ketones (excluding diaryl/α,β-unsaturated/α-hetero) is 1. The summed E-state index contributed by atoms with van der Waals surface area (Å²) in [6, 6.07) is 0. The fourth-order valence-corrected chi connectivity index (χ4v) is 2.72.